The average molecular weight is 345 g/mol. The van der Waals surface area contributed by atoms with Gasteiger partial charge in [-0.2, -0.15) is 5.01 Å². The molecule has 0 N–H and O–H groups in total. The first-order chi connectivity index (χ1) is 12.0. The molecule has 1 aliphatic rings. The van der Waals surface area contributed by atoms with Crippen molar-refractivity contribution in [1.29, 1.82) is 0 Å². The Bertz CT molecular complexity index is 827. The number of hydrogen-bond donors (Lipinski definition) is 0. The van der Waals surface area contributed by atoms with E-state index in [1.165, 1.54) is 19.1 Å². The lowest BCUT2D eigenvalue weighted by molar-refractivity contribution is -0.402. The number of carbonyl (C=O) groups is 1. The molecular formula is C16H15N3O6. The predicted octanol–water partition coefficient (Wildman–Crippen LogP) is 2.83. The Balaban J connectivity index is 1.86. The van der Waals surface area contributed by atoms with Crippen LogP contribution < -0.4 is 4.74 Å². The van der Waals surface area contributed by atoms with Gasteiger partial charge in [-0.05, 0) is 37.3 Å². The van der Waals surface area contributed by atoms with Crippen molar-refractivity contribution >= 4 is 17.7 Å². The van der Waals surface area contributed by atoms with Crippen molar-refractivity contribution in [3.8, 4) is 5.75 Å². The standard InChI is InChI=1S/C16H15N3O6/c1-3-23-12-6-4-11(5-7-12)15-17-18(10(2)20)16(25-15)13-8-9-14(24-13)19(21)22/h4-9,16H,3H2,1-2H3/t16-/m1/s1. The normalized spacial score (nSPS) is 16.3. The van der Waals surface area contributed by atoms with Crippen molar-refractivity contribution in [3.63, 3.8) is 0 Å². The molecule has 1 aromatic heterocycles. The highest BCUT2D eigenvalue weighted by atomic mass is 16.7. The lowest BCUT2D eigenvalue weighted by atomic mass is 10.2. The zero-order valence-electron chi connectivity index (χ0n) is 13.5. The number of benzene rings is 1. The van der Waals surface area contributed by atoms with E-state index >= 15 is 0 Å². The highest BCUT2D eigenvalue weighted by molar-refractivity contribution is 5.96. The molecule has 1 amide bonds. The second-order valence-corrected chi connectivity index (χ2v) is 5.13. The monoisotopic (exact) mass is 345 g/mol. The van der Waals surface area contributed by atoms with Crippen molar-refractivity contribution in [1.82, 2.24) is 5.01 Å². The van der Waals surface area contributed by atoms with Gasteiger partial charge in [-0.1, -0.05) is 0 Å². The molecule has 0 fully saturated rings. The van der Waals surface area contributed by atoms with Gasteiger partial charge in [0.15, 0.2) is 5.76 Å². The fourth-order valence-electron chi connectivity index (χ4n) is 2.30. The Morgan fingerprint density at radius 1 is 1.32 bits per heavy atom. The third kappa shape index (κ3) is 3.30. The molecule has 3 rings (SSSR count). The molecule has 9 nitrogen and oxygen atoms in total. The summed E-state index contributed by atoms with van der Waals surface area (Å²) >= 11 is 0. The van der Waals surface area contributed by atoms with Gasteiger partial charge in [0.1, 0.15) is 10.7 Å². The van der Waals surface area contributed by atoms with E-state index in [0.717, 1.165) is 5.01 Å². The van der Waals surface area contributed by atoms with Gasteiger partial charge in [-0.15, -0.1) is 5.10 Å². The van der Waals surface area contributed by atoms with Crippen LogP contribution >= 0.6 is 0 Å². The molecule has 1 atom stereocenters. The van der Waals surface area contributed by atoms with Crippen LogP contribution in [0.15, 0.2) is 45.9 Å². The lowest BCUT2D eigenvalue weighted by Gasteiger charge is -2.16. The lowest BCUT2D eigenvalue weighted by Crippen LogP contribution is -2.24. The van der Waals surface area contributed by atoms with Crippen LogP contribution in [-0.4, -0.2) is 28.3 Å². The Hall–Kier alpha value is -3.36. The summed E-state index contributed by atoms with van der Waals surface area (Å²) in [5, 5.41) is 16.0. The van der Waals surface area contributed by atoms with E-state index in [4.69, 9.17) is 13.9 Å². The number of carbonyl (C=O) groups excluding carboxylic acids is 1. The number of rotatable bonds is 5. The van der Waals surface area contributed by atoms with E-state index < -0.39 is 17.0 Å². The van der Waals surface area contributed by atoms with Gasteiger partial charge < -0.3 is 13.9 Å². The first kappa shape index (κ1) is 16.5. The zero-order valence-corrected chi connectivity index (χ0v) is 13.5. The fourth-order valence-corrected chi connectivity index (χ4v) is 2.30. The smallest absolute Gasteiger partial charge is 0.433 e. The Morgan fingerprint density at radius 2 is 2.04 bits per heavy atom. The number of amides is 1. The summed E-state index contributed by atoms with van der Waals surface area (Å²) in [4.78, 5) is 21.9. The van der Waals surface area contributed by atoms with Crippen LogP contribution in [0, 0.1) is 10.1 Å². The minimum atomic E-state index is -0.993. The second kappa shape index (κ2) is 6.63. The predicted molar refractivity (Wildman–Crippen MR) is 85.9 cm³/mol. The molecule has 2 aromatic rings. The summed E-state index contributed by atoms with van der Waals surface area (Å²) in [5.74, 6) is 0.210. The van der Waals surface area contributed by atoms with Crippen LogP contribution in [-0.2, 0) is 9.53 Å². The first-order valence-corrected chi connectivity index (χ1v) is 7.52. The molecule has 0 saturated heterocycles. The fraction of sp³-hybridized carbons (Fsp3) is 0.250. The molecule has 2 heterocycles. The van der Waals surface area contributed by atoms with Crippen molar-refractivity contribution in [2.24, 2.45) is 5.10 Å². The maximum Gasteiger partial charge on any atom is 0.433 e. The first-order valence-electron chi connectivity index (χ1n) is 7.52. The third-order valence-electron chi connectivity index (χ3n) is 3.41. The van der Waals surface area contributed by atoms with E-state index in [9.17, 15) is 14.9 Å². The largest absolute Gasteiger partial charge is 0.494 e. The number of nitrogens with zero attached hydrogens (tertiary/aromatic N) is 3. The van der Waals surface area contributed by atoms with Gasteiger partial charge in [0.2, 0.25) is 11.8 Å². The van der Waals surface area contributed by atoms with Crippen LogP contribution in [0.5, 0.6) is 5.75 Å². The minimum absolute atomic E-state index is 0.117. The molecule has 9 heteroatoms. The number of hydrazone groups is 1. The van der Waals surface area contributed by atoms with Crippen molar-refractivity contribution in [2.45, 2.75) is 20.1 Å². The minimum Gasteiger partial charge on any atom is -0.494 e. The van der Waals surface area contributed by atoms with E-state index in [0.29, 0.717) is 17.9 Å². The Morgan fingerprint density at radius 3 is 2.60 bits per heavy atom. The van der Waals surface area contributed by atoms with E-state index in [1.54, 1.807) is 24.3 Å². The van der Waals surface area contributed by atoms with Crippen LogP contribution in [0.2, 0.25) is 0 Å². The third-order valence-corrected chi connectivity index (χ3v) is 3.41. The molecule has 0 radical (unpaired) electrons. The molecule has 0 unspecified atom stereocenters. The van der Waals surface area contributed by atoms with Crippen LogP contribution in [0.4, 0.5) is 5.88 Å². The topological polar surface area (TPSA) is 107 Å². The molecule has 0 bridgehead atoms. The molecule has 1 aliphatic heterocycles. The highest BCUT2D eigenvalue weighted by Gasteiger charge is 2.36. The molecule has 0 aliphatic carbocycles. The van der Waals surface area contributed by atoms with E-state index in [-0.39, 0.29) is 17.6 Å². The summed E-state index contributed by atoms with van der Waals surface area (Å²) in [6.07, 6.45) is -0.993. The summed E-state index contributed by atoms with van der Waals surface area (Å²) in [6, 6.07) is 9.59. The highest BCUT2D eigenvalue weighted by Crippen LogP contribution is 2.33. The van der Waals surface area contributed by atoms with Crippen molar-refractivity contribution in [2.75, 3.05) is 6.61 Å². The van der Waals surface area contributed by atoms with Gasteiger partial charge in [0.25, 0.3) is 6.23 Å². The van der Waals surface area contributed by atoms with E-state index in [2.05, 4.69) is 5.10 Å². The second-order valence-electron chi connectivity index (χ2n) is 5.13. The number of furan rings is 1. The van der Waals surface area contributed by atoms with Gasteiger partial charge >= 0.3 is 5.88 Å². The maximum absolute atomic E-state index is 11.8. The summed E-state index contributed by atoms with van der Waals surface area (Å²) in [5.41, 5.74) is 0.637. The SMILES string of the molecule is CCOc1ccc(C2=NN(C(C)=O)[C@@H](c3ccc([N+](=O)[O-])o3)O2)cc1. The van der Waals surface area contributed by atoms with Gasteiger partial charge in [0.05, 0.1) is 12.7 Å². The van der Waals surface area contributed by atoms with Crippen LogP contribution in [0.1, 0.15) is 31.4 Å². The molecule has 0 saturated carbocycles. The molecule has 25 heavy (non-hydrogen) atoms. The summed E-state index contributed by atoms with van der Waals surface area (Å²) in [7, 11) is 0. The molecular weight excluding hydrogens is 330 g/mol. The number of ether oxygens (including phenoxy) is 2. The Labute approximate surface area is 142 Å². The van der Waals surface area contributed by atoms with Gasteiger partial charge in [0, 0.05) is 12.5 Å². The summed E-state index contributed by atoms with van der Waals surface area (Å²) < 4.78 is 16.2. The van der Waals surface area contributed by atoms with Crippen LogP contribution in [0.25, 0.3) is 0 Å². The molecule has 0 spiro atoms. The molecule has 130 valence electrons. The summed E-state index contributed by atoms with van der Waals surface area (Å²) in [6.45, 7) is 3.75. The van der Waals surface area contributed by atoms with Crippen molar-refractivity contribution < 1.29 is 23.6 Å². The maximum atomic E-state index is 11.8. The molecule has 1 aromatic carbocycles. The Kier molecular flexibility index (Phi) is 4.38. The van der Waals surface area contributed by atoms with Crippen LogP contribution in [0.3, 0.4) is 0 Å². The number of nitro groups is 1. The van der Waals surface area contributed by atoms with Gasteiger partial charge in [-0.25, -0.2) is 0 Å². The zero-order chi connectivity index (χ0) is 18.0. The average Bonchev–Trinajstić information content (AvgIpc) is 3.23. The van der Waals surface area contributed by atoms with E-state index in [1.807, 2.05) is 6.92 Å². The quantitative estimate of drug-likeness (QED) is 0.609. The van der Waals surface area contributed by atoms with Gasteiger partial charge in [-0.3, -0.25) is 14.9 Å². The van der Waals surface area contributed by atoms with Crippen molar-refractivity contribution in [3.05, 3.63) is 57.8 Å². The number of hydrogen-bond acceptors (Lipinski definition) is 7.